The molecule has 84 valence electrons. The third-order valence-corrected chi connectivity index (χ3v) is 2.05. The highest BCUT2D eigenvalue weighted by molar-refractivity contribution is 5.90. The molecule has 1 aliphatic heterocycles. The highest BCUT2D eigenvalue weighted by Crippen LogP contribution is 2.25. The highest BCUT2D eigenvalue weighted by Gasteiger charge is 2.35. The van der Waals surface area contributed by atoms with Gasteiger partial charge in [0.05, 0.1) is 25.4 Å². The monoisotopic (exact) mass is 214 g/mol. The van der Waals surface area contributed by atoms with Crippen LogP contribution in [0.5, 0.6) is 0 Å². The molecule has 0 aromatic carbocycles. The Kier molecular flexibility index (Phi) is 3.99. The smallest absolute Gasteiger partial charge is 0.331 e. The van der Waals surface area contributed by atoms with Crippen LogP contribution in [0, 0.1) is 0 Å². The van der Waals surface area contributed by atoms with Crippen molar-refractivity contribution >= 4 is 12.3 Å². The molecule has 1 saturated heterocycles. The van der Waals surface area contributed by atoms with Gasteiger partial charge in [-0.2, -0.15) is 0 Å². The van der Waals surface area contributed by atoms with Gasteiger partial charge in [-0.25, -0.2) is 4.79 Å². The van der Waals surface area contributed by atoms with E-state index in [0.717, 1.165) is 6.08 Å². The van der Waals surface area contributed by atoms with E-state index >= 15 is 0 Å². The van der Waals surface area contributed by atoms with Gasteiger partial charge in [0.2, 0.25) is 0 Å². The lowest BCUT2D eigenvalue weighted by molar-refractivity contribution is -0.139. The SMILES string of the molecule is CCOC(=O)/C=C(/C=O)C1(C)OCCO1. The molecular formula is C10H14O5. The summed E-state index contributed by atoms with van der Waals surface area (Å²) in [4.78, 5) is 21.9. The lowest BCUT2D eigenvalue weighted by atomic mass is 10.1. The molecule has 1 rings (SSSR count). The summed E-state index contributed by atoms with van der Waals surface area (Å²) >= 11 is 0. The Bertz CT molecular complexity index is 276. The lowest BCUT2D eigenvalue weighted by Crippen LogP contribution is -2.30. The second kappa shape index (κ2) is 5.04. The van der Waals surface area contributed by atoms with Crippen LogP contribution in [-0.2, 0) is 23.8 Å². The highest BCUT2D eigenvalue weighted by atomic mass is 16.7. The molecule has 0 aromatic heterocycles. The van der Waals surface area contributed by atoms with Gasteiger partial charge in [-0.15, -0.1) is 0 Å². The van der Waals surface area contributed by atoms with Crippen molar-refractivity contribution in [3.8, 4) is 0 Å². The van der Waals surface area contributed by atoms with E-state index in [0.29, 0.717) is 19.5 Å². The fraction of sp³-hybridized carbons (Fsp3) is 0.600. The van der Waals surface area contributed by atoms with Gasteiger partial charge in [-0.1, -0.05) is 0 Å². The maximum Gasteiger partial charge on any atom is 0.331 e. The molecule has 0 unspecified atom stereocenters. The quantitative estimate of drug-likeness (QED) is 0.386. The Balaban J connectivity index is 2.77. The van der Waals surface area contributed by atoms with Crippen molar-refractivity contribution in [2.75, 3.05) is 19.8 Å². The topological polar surface area (TPSA) is 61.8 Å². The Morgan fingerprint density at radius 2 is 2.07 bits per heavy atom. The number of ether oxygens (including phenoxy) is 3. The summed E-state index contributed by atoms with van der Waals surface area (Å²) in [6, 6.07) is 0. The minimum Gasteiger partial charge on any atom is -0.463 e. The van der Waals surface area contributed by atoms with Gasteiger partial charge < -0.3 is 14.2 Å². The number of hydrogen-bond acceptors (Lipinski definition) is 5. The maximum absolute atomic E-state index is 11.1. The van der Waals surface area contributed by atoms with Crippen molar-refractivity contribution in [1.82, 2.24) is 0 Å². The molecule has 15 heavy (non-hydrogen) atoms. The normalized spacial score (nSPS) is 20.0. The van der Waals surface area contributed by atoms with Crippen molar-refractivity contribution in [2.24, 2.45) is 0 Å². The van der Waals surface area contributed by atoms with Crippen molar-refractivity contribution in [2.45, 2.75) is 19.6 Å². The van der Waals surface area contributed by atoms with Crippen molar-refractivity contribution in [1.29, 1.82) is 0 Å². The van der Waals surface area contributed by atoms with E-state index in [1.165, 1.54) is 0 Å². The fourth-order valence-corrected chi connectivity index (χ4v) is 1.26. The van der Waals surface area contributed by atoms with E-state index in [1.807, 2.05) is 0 Å². The van der Waals surface area contributed by atoms with E-state index in [-0.39, 0.29) is 12.2 Å². The number of carbonyl (C=O) groups is 2. The van der Waals surface area contributed by atoms with Gasteiger partial charge in [0.1, 0.15) is 0 Å². The Morgan fingerprint density at radius 1 is 1.47 bits per heavy atom. The van der Waals surface area contributed by atoms with Crippen LogP contribution in [0.15, 0.2) is 11.6 Å². The first kappa shape index (κ1) is 11.9. The van der Waals surface area contributed by atoms with E-state index < -0.39 is 11.8 Å². The molecule has 1 fully saturated rings. The third kappa shape index (κ3) is 2.87. The molecule has 0 radical (unpaired) electrons. The molecule has 5 heteroatoms. The summed E-state index contributed by atoms with van der Waals surface area (Å²) < 4.78 is 15.2. The summed E-state index contributed by atoms with van der Waals surface area (Å²) in [5.41, 5.74) is 0.137. The van der Waals surface area contributed by atoms with Crippen molar-refractivity contribution < 1.29 is 23.8 Å². The van der Waals surface area contributed by atoms with E-state index in [1.54, 1.807) is 13.8 Å². The summed E-state index contributed by atoms with van der Waals surface area (Å²) in [6.45, 7) is 4.37. The number of carbonyl (C=O) groups excluding carboxylic acids is 2. The van der Waals surface area contributed by atoms with E-state index in [4.69, 9.17) is 14.2 Å². The van der Waals surface area contributed by atoms with Crippen LogP contribution in [0.4, 0.5) is 0 Å². The van der Waals surface area contributed by atoms with Crippen LogP contribution >= 0.6 is 0 Å². The molecule has 1 heterocycles. The molecule has 0 saturated carbocycles. The van der Waals surface area contributed by atoms with Crippen LogP contribution in [-0.4, -0.2) is 37.9 Å². The second-order valence-electron chi connectivity index (χ2n) is 3.11. The van der Waals surface area contributed by atoms with Gasteiger partial charge in [-0.3, -0.25) is 4.79 Å². The first-order valence-electron chi connectivity index (χ1n) is 4.74. The minimum absolute atomic E-state index is 0.137. The van der Waals surface area contributed by atoms with Crippen LogP contribution in [0.2, 0.25) is 0 Å². The molecular weight excluding hydrogens is 200 g/mol. The molecule has 0 atom stereocenters. The number of esters is 1. The molecule has 0 aliphatic carbocycles. The van der Waals surface area contributed by atoms with Gasteiger partial charge >= 0.3 is 5.97 Å². The van der Waals surface area contributed by atoms with Gasteiger partial charge in [0.25, 0.3) is 0 Å². The zero-order valence-electron chi connectivity index (χ0n) is 8.82. The number of hydrogen-bond donors (Lipinski definition) is 0. The first-order chi connectivity index (χ1) is 7.12. The number of rotatable bonds is 4. The van der Waals surface area contributed by atoms with Crippen LogP contribution in [0.3, 0.4) is 0 Å². The van der Waals surface area contributed by atoms with Crippen LogP contribution in [0.25, 0.3) is 0 Å². The zero-order chi connectivity index (χ0) is 11.3. The Morgan fingerprint density at radius 3 is 2.53 bits per heavy atom. The molecule has 0 bridgehead atoms. The van der Waals surface area contributed by atoms with Crippen LogP contribution < -0.4 is 0 Å². The van der Waals surface area contributed by atoms with Crippen molar-refractivity contribution in [3.63, 3.8) is 0 Å². The molecule has 1 aliphatic rings. The summed E-state index contributed by atoms with van der Waals surface area (Å²) in [7, 11) is 0. The largest absolute Gasteiger partial charge is 0.463 e. The van der Waals surface area contributed by atoms with E-state index in [9.17, 15) is 9.59 Å². The third-order valence-electron chi connectivity index (χ3n) is 2.05. The lowest BCUT2D eigenvalue weighted by Gasteiger charge is -2.21. The average molecular weight is 214 g/mol. The molecule has 0 amide bonds. The fourth-order valence-electron chi connectivity index (χ4n) is 1.26. The second-order valence-corrected chi connectivity index (χ2v) is 3.11. The molecule has 5 nitrogen and oxygen atoms in total. The van der Waals surface area contributed by atoms with Gasteiger partial charge in [0.15, 0.2) is 12.1 Å². The van der Waals surface area contributed by atoms with Gasteiger partial charge in [-0.05, 0) is 13.8 Å². The molecule has 0 N–H and O–H groups in total. The summed E-state index contributed by atoms with van der Waals surface area (Å²) in [5, 5.41) is 0. The zero-order valence-corrected chi connectivity index (χ0v) is 8.82. The standard InChI is InChI=1S/C10H14O5/c1-3-13-9(12)6-8(7-11)10(2)14-4-5-15-10/h6-7H,3-5H2,1-2H3/b8-6-. The molecule has 0 aromatic rings. The van der Waals surface area contributed by atoms with E-state index in [2.05, 4.69) is 0 Å². The maximum atomic E-state index is 11.1. The van der Waals surface area contributed by atoms with Crippen LogP contribution in [0.1, 0.15) is 13.8 Å². The predicted octanol–water partition coefficient (Wildman–Crippen LogP) is 0.438. The summed E-state index contributed by atoms with van der Waals surface area (Å²) in [5.74, 6) is -1.69. The average Bonchev–Trinajstić information content (AvgIpc) is 2.63. The number of aldehydes is 1. The Labute approximate surface area is 88.0 Å². The Hall–Kier alpha value is -1.20. The minimum atomic E-state index is -1.12. The summed E-state index contributed by atoms with van der Waals surface area (Å²) in [6.07, 6.45) is 1.64. The first-order valence-corrected chi connectivity index (χ1v) is 4.74. The molecule has 0 spiro atoms. The van der Waals surface area contributed by atoms with Gasteiger partial charge in [0, 0.05) is 6.08 Å². The predicted molar refractivity (Wildman–Crippen MR) is 51.1 cm³/mol. The van der Waals surface area contributed by atoms with Crippen molar-refractivity contribution in [3.05, 3.63) is 11.6 Å².